The normalized spacial score (nSPS) is 29.4. The molecule has 2 heterocycles. The van der Waals surface area contributed by atoms with E-state index in [1.54, 1.807) is 12.1 Å². The number of aliphatic hydroxyl groups excluding tert-OH is 4. The molecule has 0 aromatic heterocycles. The molecule has 150 valence electrons. The second kappa shape index (κ2) is 7.77. The van der Waals surface area contributed by atoms with Gasteiger partial charge < -0.3 is 29.9 Å². The zero-order chi connectivity index (χ0) is 19.8. The number of rotatable bonds is 4. The molecule has 2 aliphatic rings. The van der Waals surface area contributed by atoms with Crippen molar-refractivity contribution in [3.05, 3.63) is 64.5 Å². The number of ether oxygens (including phenoxy) is 2. The first-order valence-electron chi connectivity index (χ1n) is 9.31. The first-order chi connectivity index (χ1) is 13.5. The highest BCUT2D eigenvalue weighted by Gasteiger charge is 2.44. The van der Waals surface area contributed by atoms with Crippen LogP contribution in [-0.2, 0) is 17.6 Å². The predicted molar refractivity (Wildman–Crippen MR) is 97.6 cm³/mol. The van der Waals surface area contributed by atoms with Crippen LogP contribution in [0.5, 0.6) is 5.75 Å². The minimum absolute atomic E-state index is 0.305. The van der Waals surface area contributed by atoms with Crippen molar-refractivity contribution in [3.63, 3.8) is 0 Å². The Balaban J connectivity index is 1.69. The molecule has 0 amide bonds. The molecule has 1 saturated heterocycles. The van der Waals surface area contributed by atoms with Crippen LogP contribution in [0.1, 0.15) is 28.4 Å². The third-order valence-electron chi connectivity index (χ3n) is 5.41. The maximum Gasteiger partial charge on any atom is 0.126 e. The molecule has 0 saturated carbocycles. The number of fused-ring (bicyclic) bond motifs is 1. The Bertz CT molecular complexity index is 838. The van der Waals surface area contributed by atoms with Crippen LogP contribution in [0.15, 0.2) is 36.4 Å². The highest BCUT2D eigenvalue weighted by atomic mass is 19.1. The van der Waals surface area contributed by atoms with Crippen LogP contribution in [0.3, 0.4) is 0 Å². The zero-order valence-corrected chi connectivity index (χ0v) is 15.2. The quantitative estimate of drug-likeness (QED) is 0.618. The van der Waals surface area contributed by atoms with Gasteiger partial charge in [0.25, 0.3) is 0 Å². The molecule has 2 aromatic rings. The molecular formula is C21H23FO6. The van der Waals surface area contributed by atoms with Crippen LogP contribution in [0.2, 0.25) is 0 Å². The summed E-state index contributed by atoms with van der Waals surface area (Å²) in [6.07, 6.45) is -4.81. The van der Waals surface area contributed by atoms with Gasteiger partial charge in [-0.1, -0.05) is 12.1 Å². The van der Waals surface area contributed by atoms with Crippen molar-refractivity contribution in [2.24, 2.45) is 0 Å². The summed E-state index contributed by atoms with van der Waals surface area (Å²) in [6, 6.07) is 9.91. The Morgan fingerprint density at radius 1 is 1.00 bits per heavy atom. The predicted octanol–water partition coefficient (Wildman–Crippen LogP) is 0.866. The summed E-state index contributed by atoms with van der Waals surface area (Å²) in [5.41, 5.74) is 3.38. The molecular weight excluding hydrogens is 367 g/mol. The molecule has 4 N–H and O–H groups in total. The van der Waals surface area contributed by atoms with Gasteiger partial charge in [0.05, 0.1) is 13.2 Å². The number of aliphatic hydroxyl groups is 4. The number of hydrogen-bond acceptors (Lipinski definition) is 6. The van der Waals surface area contributed by atoms with Crippen molar-refractivity contribution in [2.45, 2.75) is 43.4 Å². The lowest BCUT2D eigenvalue weighted by molar-refractivity contribution is -0.231. The third-order valence-corrected chi connectivity index (χ3v) is 5.41. The molecule has 0 radical (unpaired) electrons. The average Bonchev–Trinajstić information content (AvgIpc) is 3.17. The van der Waals surface area contributed by atoms with Crippen molar-refractivity contribution in [1.29, 1.82) is 0 Å². The van der Waals surface area contributed by atoms with Crippen molar-refractivity contribution in [1.82, 2.24) is 0 Å². The maximum absolute atomic E-state index is 13.2. The molecule has 0 aliphatic carbocycles. The van der Waals surface area contributed by atoms with Gasteiger partial charge in [-0.2, -0.15) is 0 Å². The van der Waals surface area contributed by atoms with Gasteiger partial charge in [0.15, 0.2) is 0 Å². The summed E-state index contributed by atoms with van der Waals surface area (Å²) in [4.78, 5) is 0. The van der Waals surface area contributed by atoms with Crippen LogP contribution in [0, 0.1) is 5.82 Å². The van der Waals surface area contributed by atoms with Gasteiger partial charge in [0.2, 0.25) is 0 Å². The fourth-order valence-electron chi connectivity index (χ4n) is 3.91. The zero-order valence-electron chi connectivity index (χ0n) is 15.2. The SMILES string of the molecule is OC[C@H]1O[C@@H](c2cc3c(c(Cc4ccc(F)cc4)c2)OCC3)[C@H](O)[C@@H](O)[C@@H]1O. The first kappa shape index (κ1) is 19.3. The van der Waals surface area contributed by atoms with Crippen molar-refractivity contribution in [3.8, 4) is 5.75 Å². The van der Waals surface area contributed by atoms with Crippen LogP contribution >= 0.6 is 0 Å². The highest BCUT2D eigenvalue weighted by molar-refractivity contribution is 5.49. The van der Waals surface area contributed by atoms with E-state index in [0.717, 1.165) is 22.4 Å². The van der Waals surface area contributed by atoms with E-state index in [4.69, 9.17) is 9.47 Å². The fraction of sp³-hybridized carbons (Fsp3) is 0.429. The van der Waals surface area contributed by atoms with Gasteiger partial charge in [-0.05, 0) is 46.5 Å². The van der Waals surface area contributed by atoms with Gasteiger partial charge in [0, 0.05) is 12.8 Å². The summed E-state index contributed by atoms with van der Waals surface area (Å²) in [7, 11) is 0. The summed E-state index contributed by atoms with van der Waals surface area (Å²) < 4.78 is 24.7. The van der Waals surface area contributed by atoms with E-state index in [2.05, 4.69) is 0 Å². The van der Waals surface area contributed by atoms with Gasteiger partial charge in [-0.15, -0.1) is 0 Å². The van der Waals surface area contributed by atoms with Gasteiger partial charge >= 0.3 is 0 Å². The topological polar surface area (TPSA) is 99.4 Å². The molecule has 0 spiro atoms. The smallest absolute Gasteiger partial charge is 0.126 e. The second-order valence-corrected chi connectivity index (χ2v) is 7.32. The van der Waals surface area contributed by atoms with Crippen LogP contribution in [0.4, 0.5) is 4.39 Å². The van der Waals surface area contributed by atoms with E-state index in [1.165, 1.54) is 12.1 Å². The van der Waals surface area contributed by atoms with Crippen LogP contribution in [0.25, 0.3) is 0 Å². The molecule has 2 aromatic carbocycles. The Hall–Kier alpha value is -2.03. The molecule has 6 nitrogen and oxygen atoms in total. The Morgan fingerprint density at radius 3 is 2.46 bits per heavy atom. The van der Waals surface area contributed by atoms with E-state index in [-0.39, 0.29) is 5.82 Å². The molecule has 0 unspecified atom stereocenters. The standard InChI is InChI=1S/C21H23FO6/c22-15-3-1-11(2-4-15)7-13-9-14(8-12-5-6-27-20(12)13)21-19(26)18(25)17(24)16(10-23)28-21/h1-4,8-9,16-19,21,23-26H,5-7,10H2/t16-,17-,18+,19-,21+/m1/s1. The minimum Gasteiger partial charge on any atom is -0.493 e. The molecule has 5 atom stereocenters. The lowest BCUT2D eigenvalue weighted by Crippen LogP contribution is -2.55. The van der Waals surface area contributed by atoms with E-state index >= 15 is 0 Å². The Morgan fingerprint density at radius 2 is 1.75 bits per heavy atom. The third kappa shape index (κ3) is 3.52. The maximum atomic E-state index is 13.2. The van der Waals surface area contributed by atoms with Crippen molar-refractivity contribution >= 4 is 0 Å². The summed E-state index contributed by atoms with van der Waals surface area (Å²) in [6.45, 7) is 0.0713. The lowest BCUT2D eigenvalue weighted by Gasteiger charge is -2.40. The van der Waals surface area contributed by atoms with Gasteiger partial charge in [0.1, 0.15) is 42.1 Å². The van der Waals surface area contributed by atoms with Gasteiger partial charge in [-0.25, -0.2) is 4.39 Å². The largest absolute Gasteiger partial charge is 0.493 e. The van der Waals surface area contributed by atoms with Gasteiger partial charge in [-0.3, -0.25) is 0 Å². The molecule has 1 fully saturated rings. The first-order valence-corrected chi connectivity index (χ1v) is 9.31. The molecule has 0 bridgehead atoms. The van der Waals surface area contributed by atoms with E-state index in [0.29, 0.717) is 25.0 Å². The van der Waals surface area contributed by atoms with E-state index < -0.39 is 37.1 Å². The second-order valence-electron chi connectivity index (χ2n) is 7.32. The Labute approximate surface area is 161 Å². The Kier molecular flexibility index (Phi) is 5.35. The van der Waals surface area contributed by atoms with E-state index in [1.807, 2.05) is 12.1 Å². The molecule has 28 heavy (non-hydrogen) atoms. The van der Waals surface area contributed by atoms with Crippen molar-refractivity contribution in [2.75, 3.05) is 13.2 Å². The van der Waals surface area contributed by atoms with Crippen molar-refractivity contribution < 1.29 is 34.3 Å². The van der Waals surface area contributed by atoms with Crippen LogP contribution in [-0.4, -0.2) is 58.1 Å². The summed E-state index contributed by atoms with van der Waals surface area (Å²) in [5, 5.41) is 40.0. The van der Waals surface area contributed by atoms with E-state index in [9.17, 15) is 24.8 Å². The summed E-state index contributed by atoms with van der Waals surface area (Å²) >= 11 is 0. The molecule has 7 heteroatoms. The number of hydrogen-bond donors (Lipinski definition) is 4. The minimum atomic E-state index is -1.43. The highest BCUT2D eigenvalue weighted by Crippen LogP contribution is 2.38. The number of halogens is 1. The number of benzene rings is 2. The lowest BCUT2D eigenvalue weighted by atomic mass is 9.88. The fourth-order valence-corrected chi connectivity index (χ4v) is 3.91. The van der Waals surface area contributed by atoms with Crippen LogP contribution < -0.4 is 4.74 Å². The summed E-state index contributed by atoms with van der Waals surface area (Å²) in [5.74, 6) is 0.470. The molecule has 2 aliphatic heterocycles. The molecule has 4 rings (SSSR count). The average molecular weight is 390 g/mol. The monoisotopic (exact) mass is 390 g/mol.